The monoisotopic (exact) mass is 308 g/mol. The molecule has 23 heavy (non-hydrogen) atoms. The number of benzene rings is 2. The predicted molar refractivity (Wildman–Crippen MR) is 87.6 cm³/mol. The van der Waals surface area contributed by atoms with Gasteiger partial charge in [0.05, 0.1) is 0 Å². The maximum Gasteiger partial charge on any atom is 0.217 e. The zero-order chi connectivity index (χ0) is 16.1. The maximum absolute atomic E-state index is 13.4. The number of rotatable bonds is 5. The quantitative estimate of drug-likeness (QED) is 0.699. The van der Waals surface area contributed by atoms with Crippen molar-refractivity contribution in [1.29, 1.82) is 0 Å². The Labute approximate surface area is 134 Å². The topological polar surface area (TPSA) is 35.0 Å². The summed E-state index contributed by atoms with van der Waals surface area (Å²) in [5, 5.41) is 0. The average Bonchev–Trinajstić information content (AvgIpc) is 2.60. The molecule has 1 heterocycles. The van der Waals surface area contributed by atoms with Crippen molar-refractivity contribution in [3.63, 3.8) is 0 Å². The summed E-state index contributed by atoms with van der Waals surface area (Å²) in [5.74, 6) is 0.673. The largest absolute Gasteiger partial charge is 0.473 e. The van der Waals surface area contributed by atoms with Crippen molar-refractivity contribution in [3.8, 4) is 17.3 Å². The van der Waals surface area contributed by atoms with Gasteiger partial charge in [0.15, 0.2) is 5.82 Å². The second-order valence-corrected chi connectivity index (χ2v) is 5.16. The van der Waals surface area contributed by atoms with E-state index in [9.17, 15) is 4.39 Å². The molecule has 0 N–H and O–H groups in total. The Hall–Kier alpha value is -2.75. The fraction of sp³-hybridized carbons (Fsp3) is 0.158. The lowest BCUT2D eigenvalue weighted by Gasteiger charge is -2.09. The molecular formula is C19H17FN2O. The van der Waals surface area contributed by atoms with E-state index in [1.165, 1.54) is 12.1 Å². The lowest BCUT2D eigenvalue weighted by atomic mass is 10.2. The van der Waals surface area contributed by atoms with Gasteiger partial charge in [-0.1, -0.05) is 49.4 Å². The number of nitrogens with zero attached hydrogens (tertiary/aromatic N) is 2. The van der Waals surface area contributed by atoms with Gasteiger partial charge in [0.1, 0.15) is 12.4 Å². The van der Waals surface area contributed by atoms with Crippen LogP contribution in [0.25, 0.3) is 11.4 Å². The second-order valence-electron chi connectivity index (χ2n) is 5.16. The molecule has 0 aliphatic heterocycles. The summed E-state index contributed by atoms with van der Waals surface area (Å²) in [6.07, 6.45) is 0.756. The van der Waals surface area contributed by atoms with E-state index in [0.717, 1.165) is 17.7 Å². The fourth-order valence-electron chi connectivity index (χ4n) is 2.22. The molecule has 2 aromatic carbocycles. The van der Waals surface area contributed by atoms with Gasteiger partial charge in [0.2, 0.25) is 5.88 Å². The molecule has 116 valence electrons. The molecule has 1 aromatic heterocycles. The number of halogens is 1. The number of ether oxygens (including phenoxy) is 1. The lowest BCUT2D eigenvalue weighted by molar-refractivity contribution is 0.293. The molecule has 0 amide bonds. The van der Waals surface area contributed by atoms with Gasteiger partial charge in [0, 0.05) is 17.3 Å². The van der Waals surface area contributed by atoms with Crippen molar-refractivity contribution in [2.75, 3.05) is 0 Å². The first-order valence-electron chi connectivity index (χ1n) is 7.55. The third-order valence-corrected chi connectivity index (χ3v) is 3.43. The summed E-state index contributed by atoms with van der Waals surface area (Å²) in [6.45, 7) is 2.45. The van der Waals surface area contributed by atoms with E-state index in [-0.39, 0.29) is 5.82 Å². The average molecular weight is 308 g/mol. The molecule has 3 nitrogen and oxygen atoms in total. The molecule has 4 heteroatoms. The zero-order valence-electron chi connectivity index (χ0n) is 12.9. The molecule has 0 bridgehead atoms. The molecule has 0 saturated carbocycles. The molecular weight excluding hydrogens is 291 g/mol. The predicted octanol–water partition coefficient (Wildman–Crippen LogP) is 4.42. The van der Waals surface area contributed by atoms with E-state index >= 15 is 0 Å². The maximum atomic E-state index is 13.4. The number of hydrogen-bond acceptors (Lipinski definition) is 3. The fourth-order valence-corrected chi connectivity index (χ4v) is 2.22. The van der Waals surface area contributed by atoms with Crippen LogP contribution in [0.15, 0.2) is 60.7 Å². The van der Waals surface area contributed by atoms with Gasteiger partial charge in [0.25, 0.3) is 0 Å². The van der Waals surface area contributed by atoms with Gasteiger partial charge in [-0.05, 0) is 24.1 Å². The highest BCUT2D eigenvalue weighted by Crippen LogP contribution is 2.21. The highest BCUT2D eigenvalue weighted by atomic mass is 19.1. The molecule has 0 fully saturated rings. The normalized spacial score (nSPS) is 10.5. The van der Waals surface area contributed by atoms with Crippen molar-refractivity contribution in [2.45, 2.75) is 20.0 Å². The van der Waals surface area contributed by atoms with E-state index in [2.05, 4.69) is 9.97 Å². The summed E-state index contributed by atoms with van der Waals surface area (Å²) >= 11 is 0. The van der Waals surface area contributed by atoms with E-state index in [4.69, 9.17) is 4.74 Å². The van der Waals surface area contributed by atoms with Crippen molar-refractivity contribution >= 4 is 0 Å². The Morgan fingerprint density at radius 2 is 1.78 bits per heavy atom. The van der Waals surface area contributed by atoms with Gasteiger partial charge in [-0.3, -0.25) is 0 Å². The Morgan fingerprint density at radius 1 is 0.957 bits per heavy atom. The zero-order valence-corrected chi connectivity index (χ0v) is 12.9. The number of aryl methyl sites for hydroxylation is 1. The molecule has 0 saturated heterocycles. The second kappa shape index (κ2) is 7.01. The van der Waals surface area contributed by atoms with Crippen molar-refractivity contribution in [2.24, 2.45) is 0 Å². The molecule has 0 atom stereocenters. The summed E-state index contributed by atoms with van der Waals surface area (Å²) in [7, 11) is 0. The van der Waals surface area contributed by atoms with Crippen molar-refractivity contribution in [1.82, 2.24) is 9.97 Å². The van der Waals surface area contributed by atoms with E-state index < -0.39 is 0 Å². The van der Waals surface area contributed by atoms with Crippen LogP contribution < -0.4 is 4.74 Å². The minimum Gasteiger partial charge on any atom is -0.473 e. The smallest absolute Gasteiger partial charge is 0.217 e. The van der Waals surface area contributed by atoms with Crippen LogP contribution in [0.1, 0.15) is 18.2 Å². The Morgan fingerprint density at radius 3 is 2.52 bits per heavy atom. The van der Waals surface area contributed by atoms with Gasteiger partial charge >= 0.3 is 0 Å². The van der Waals surface area contributed by atoms with E-state index in [1.807, 2.05) is 43.3 Å². The minimum absolute atomic E-state index is 0.306. The van der Waals surface area contributed by atoms with Gasteiger partial charge in [-0.2, -0.15) is 4.98 Å². The van der Waals surface area contributed by atoms with Crippen LogP contribution in [0.2, 0.25) is 0 Å². The standard InChI is InChI=1S/C19H17FN2O/c1-2-17-12-18(23-13-14-7-4-3-5-8-14)22-19(21-17)15-9-6-10-16(20)11-15/h3-12H,2,13H2,1H3. The van der Waals surface area contributed by atoms with E-state index in [1.54, 1.807) is 12.1 Å². The third-order valence-electron chi connectivity index (χ3n) is 3.43. The number of hydrogen-bond donors (Lipinski definition) is 0. The molecule has 3 aromatic rings. The Balaban J connectivity index is 1.87. The summed E-state index contributed by atoms with van der Waals surface area (Å²) < 4.78 is 19.2. The summed E-state index contributed by atoms with van der Waals surface area (Å²) in [5.41, 5.74) is 2.57. The highest BCUT2D eigenvalue weighted by Gasteiger charge is 2.08. The molecule has 0 unspecified atom stereocenters. The minimum atomic E-state index is -0.306. The molecule has 0 aliphatic rings. The first-order chi connectivity index (χ1) is 11.2. The molecule has 0 radical (unpaired) electrons. The van der Waals surface area contributed by atoms with Crippen LogP contribution in [-0.2, 0) is 13.0 Å². The Bertz CT molecular complexity index is 790. The van der Waals surface area contributed by atoms with Crippen molar-refractivity contribution in [3.05, 3.63) is 77.7 Å². The van der Waals surface area contributed by atoms with Gasteiger partial charge in [-0.25, -0.2) is 9.37 Å². The van der Waals surface area contributed by atoms with Crippen LogP contribution in [0.5, 0.6) is 5.88 Å². The first kappa shape index (κ1) is 15.2. The first-order valence-corrected chi connectivity index (χ1v) is 7.55. The lowest BCUT2D eigenvalue weighted by Crippen LogP contribution is -2.02. The highest BCUT2D eigenvalue weighted by molar-refractivity contribution is 5.55. The van der Waals surface area contributed by atoms with Gasteiger partial charge in [-0.15, -0.1) is 0 Å². The summed E-state index contributed by atoms with van der Waals surface area (Å²) in [4.78, 5) is 8.87. The summed E-state index contributed by atoms with van der Waals surface area (Å²) in [6, 6.07) is 18.0. The SMILES string of the molecule is CCc1cc(OCc2ccccc2)nc(-c2cccc(F)c2)n1. The van der Waals surface area contributed by atoms with Crippen LogP contribution in [0.3, 0.4) is 0 Å². The van der Waals surface area contributed by atoms with Crippen molar-refractivity contribution < 1.29 is 9.13 Å². The van der Waals surface area contributed by atoms with Crippen LogP contribution in [0, 0.1) is 5.82 Å². The molecule has 0 aliphatic carbocycles. The van der Waals surface area contributed by atoms with Crippen LogP contribution >= 0.6 is 0 Å². The van der Waals surface area contributed by atoms with Crippen LogP contribution in [-0.4, -0.2) is 9.97 Å². The number of aromatic nitrogens is 2. The molecule has 3 rings (SSSR count). The molecule has 0 spiro atoms. The Kier molecular flexibility index (Phi) is 4.62. The van der Waals surface area contributed by atoms with Gasteiger partial charge < -0.3 is 4.74 Å². The third kappa shape index (κ3) is 3.92. The van der Waals surface area contributed by atoms with Crippen LogP contribution in [0.4, 0.5) is 4.39 Å². The van der Waals surface area contributed by atoms with E-state index in [0.29, 0.717) is 23.9 Å².